The molecule has 1 aliphatic rings. The molecule has 0 spiro atoms. The van der Waals surface area contributed by atoms with Crippen LogP contribution in [0.5, 0.6) is 11.5 Å². The minimum atomic E-state index is 0.300. The van der Waals surface area contributed by atoms with Gasteiger partial charge in [-0.25, -0.2) is 0 Å². The Labute approximate surface area is 145 Å². The van der Waals surface area contributed by atoms with Gasteiger partial charge in [-0.2, -0.15) is 0 Å². The summed E-state index contributed by atoms with van der Waals surface area (Å²) in [6.45, 7) is 6.02. The van der Waals surface area contributed by atoms with E-state index in [0.29, 0.717) is 18.9 Å². The maximum Gasteiger partial charge on any atom is 0.222 e. The molecule has 1 heterocycles. The van der Waals surface area contributed by atoms with Gasteiger partial charge in [0.15, 0.2) is 11.5 Å². The van der Waals surface area contributed by atoms with Gasteiger partial charge in [-0.3, -0.25) is 4.79 Å². The summed E-state index contributed by atoms with van der Waals surface area (Å²) >= 11 is 0. The van der Waals surface area contributed by atoms with Crippen molar-refractivity contribution < 1.29 is 14.3 Å². The fourth-order valence-electron chi connectivity index (χ4n) is 2.88. The van der Waals surface area contributed by atoms with Crippen LogP contribution in [0.2, 0.25) is 0 Å². The lowest BCUT2D eigenvalue weighted by atomic mass is 10.2. The van der Waals surface area contributed by atoms with Crippen molar-refractivity contribution in [3.8, 4) is 11.5 Å². The molecule has 0 aromatic heterocycles. The Bertz CT molecular complexity index is 519. The maximum atomic E-state index is 12.0. The second-order valence-electron chi connectivity index (χ2n) is 6.20. The molecule has 5 nitrogen and oxygen atoms in total. The zero-order chi connectivity index (χ0) is 17.2. The zero-order valence-electron chi connectivity index (χ0n) is 15.0. The van der Waals surface area contributed by atoms with E-state index in [-0.39, 0.29) is 0 Å². The van der Waals surface area contributed by atoms with Crippen molar-refractivity contribution in [2.45, 2.75) is 45.6 Å². The molecule has 0 aliphatic carbocycles. The molecule has 0 unspecified atom stereocenters. The van der Waals surface area contributed by atoms with Crippen molar-refractivity contribution in [3.63, 3.8) is 0 Å². The van der Waals surface area contributed by atoms with Gasteiger partial charge in [-0.15, -0.1) is 0 Å². The monoisotopic (exact) mass is 334 g/mol. The number of hydrogen-bond acceptors (Lipinski definition) is 4. The molecule has 0 radical (unpaired) electrons. The summed E-state index contributed by atoms with van der Waals surface area (Å²) in [5.41, 5.74) is 1.16. The van der Waals surface area contributed by atoms with Gasteiger partial charge < -0.3 is 19.7 Å². The van der Waals surface area contributed by atoms with Gasteiger partial charge in [-0.05, 0) is 37.0 Å². The van der Waals surface area contributed by atoms with Crippen LogP contribution in [-0.4, -0.2) is 44.2 Å². The van der Waals surface area contributed by atoms with Crippen molar-refractivity contribution in [2.24, 2.45) is 0 Å². The van der Waals surface area contributed by atoms with Crippen LogP contribution < -0.4 is 14.8 Å². The van der Waals surface area contributed by atoms with Gasteiger partial charge in [0.2, 0.25) is 5.91 Å². The summed E-state index contributed by atoms with van der Waals surface area (Å²) in [4.78, 5) is 14.0. The standard InChI is InChI=1S/C19H30N2O3/c1-3-13-24-18-14-16(8-9-17(18)23-2)15-20-10-12-21-11-6-4-5-7-19(21)22/h8-9,14,20H,3-7,10-13,15H2,1-2H3. The Morgan fingerprint density at radius 3 is 2.88 bits per heavy atom. The van der Waals surface area contributed by atoms with Gasteiger partial charge in [-0.1, -0.05) is 19.4 Å². The van der Waals surface area contributed by atoms with E-state index in [1.807, 2.05) is 23.1 Å². The van der Waals surface area contributed by atoms with Crippen molar-refractivity contribution in [1.82, 2.24) is 10.2 Å². The van der Waals surface area contributed by atoms with Crippen LogP contribution in [0.15, 0.2) is 18.2 Å². The first-order valence-electron chi connectivity index (χ1n) is 9.02. The molecule has 1 amide bonds. The lowest BCUT2D eigenvalue weighted by molar-refractivity contribution is -0.130. The van der Waals surface area contributed by atoms with Crippen molar-refractivity contribution in [1.29, 1.82) is 0 Å². The van der Waals surface area contributed by atoms with Crippen molar-refractivity contribution >= 4 is 5.91 Å². The Kier molecular flexibility index (Phi) is 7.89. The average molecular weight is 334 g/mol. The van der Waals surface area contributed by atoms with E-state index in [9.17, 15) is 4.79 Å². The van der Waals surface area contributed by atoms with Crippen LogP contribution in [0.3, 0.4) is 0 Å². The third-order valence-corrected chi connectivity index (χ3v) is 4.25. The lowest BCUT2D eigenvalue weighted by Crippen LogP contribution is -2.36. The molecule has 1 N–H and O–H groups in total. The molecule has 134 valence electrons. The van der Waals surface area contributed by atoms with Gasteiger partial charge in [0.1, 0.15) is 0 Å². The highest BCUT2D eigenvalue weighted by atomic mass is 16.5. The highest BCUT2D eigenvalue weighted by Gasteiger charge is 2.15. The van der Waals surface area contributed by atoms with Gasteiger partial charge in [0.25, 0.3) is 0 Å². The number of nitrogens with one attached hydrogen (secondary N) is 1. The summed E-state index contributed by atoms with van der Waals surface area (Å²) in [5.74, 6) is 1.86. The summed E-state index contributed by atoms with van der Waals surface area (Å²) in [6.07, 6.45) is 5.01. The fourth-order valence-corrected chi connectivity index (χ4v) is 2.88. The molecular weight excluding hydrogens is 304 g/mol. The van der Waals surface area contributed by atoms with Crippen LogP contribution in [0.25, 0.3) is 0 Å². The minimum Gasteiger partial charge on any atom is -0.493 e. The topological polar surface area (TPSA) is 50.8 Å². The Balaban J connectivity index is 1.79. The Morgan fingerprint density at radius 2 is 2.08 bits per heavy atom. The SMILES string of the molecule is CCCOc1cc(CNCCN2CCCCCC2=O)ccc1OC. The number of rotatable bonds is 9. The van der Waals surface area contributed by atoms with Crippen molar-refractivity contribution in [2.75, 3.05) is 33.4 Å². The molecule has 5 heteroatoms. The molecule has 1 fully saturated rings. The quantitative estimate of drug-likeness (QED) is 0.706. The first-order chi connectivity index (χ1) is 11.7. The van der Waals surface area contributed by atoms with E-state index < -0.39 is 0 Å². The average Bonchev–Trinajstić information content (AvgIpc) is 2.81. The molecule has 1 aromatic rings. The number of benzene rings is 1. The number of hydrogen-bond donors (Lipinski definition) is 1. The van der Waals surface area contributed by atoms with Crippen LogP contribution in [0, 0.1) is 0 Å². The van der Waals surface area contributed by atoms with Gasteiger partial charge in [0.05, 0.1) is 13.7 Å². The molecule has 24 heavy (non-hydrogen) atoms. The number of likely N-dealkylation sites (tertiary alicyclic amines) is 1. The zero-order valence-corrected chi connectivity index (χ0v) is 15.0. The Hall–Kier alpha value is -1.75. The Morgan fingerprint density at radius 1 is 1.21 bits per heavy atom. The number of nitrogens with zero attached hydrogens (tertiary/aromatic N) is 1. The molecule has 1 aliphatic heterocycles. The van der Waals surface area contributed by atoms with E-state index >= 15 is 0 Å². The van der Waals surface area contributed by atoms with Gasteiger partial charge in [0, 0.05) is 32.6 Å². The first kappa shape index (κ1) is 18.6. The summed E-state index contributed by atoms with van der Waals surface area (Å²) in [6, 6.07) is 6.01. The summed E-state index contributed by atoms with van der Waals surface area (Å²) < 4.78 is 11.1. The third kappa shape index (κ3) is 5.71. The largest absolute Gasteiger partial charge is 0.493 e. The second kappa shape index (κ2) is 10.2. The highest BCUT2D eigenvalue weighted by molar-refractivity contribution is 5.76. The number of ether oxygens (including phenoxy) is 2. The number of methoxy groups -OCH3 is 1. The van der Waals surface area contributed by atoms with Crippen LogP contribution >= 0.6 is 0 Å². The van der Waals surface area contributed by atoms with Crippen LogP contribution in [-0.2, 0) is 11.3 Å². The first-order valence-corrected chi connectivity index (χ1v) is 9.02. The highest BCUT2D eigenvalue weighted by Crippen LogP contribution is 2.28. The molecule has 0 saturated carbocycles. The molecule has 1 saturated heterocycles. The predicted molar refractivity (Wildman–Crippen MR) is 95.5 cm³/mol. The molecule has 1 aromatic carbocycles. The van der Waals surface area contributed by atoms with E-state index in [4.69, 9.17) is 9.47 Å². The second-order valence-corrected chi connectivity index (χ2v) is 6.20. The maximum absolute atomic E-state index is 12.0. The van der Waals surface area contributed by atoms with Crippen molar-refractivity contribution in [3.05, 3.63) is 23.8 Å². The summed E-state index contributed by atoms with van der Waals surface area (Å²) in [7, 11) is 1.66. The van der Waals surface area contributed by atoms with E-state index in [1.165, 1.54) is 6.42 Å². The number of carbonyl (C=O) groups excluding carboxylic acids is 1. The lowest BCUT2D eigenvalue weighted by Gasteiger charge is -2.20. The molecule has 2 rings (SSSR count). The predicted octanol–water partition coefficient (Wildman–Crippen LogP) is 2.98. The van der Waals surface area contributed by atoms with E-state index in [1.54, 1.807) is 7.11 Å². The van der Waals surface area contributed by atoms with Gasteiger partial charge >= 0.3 is 0 Å². The third-order valence-electron chi connectivity index (χ3n) is 4.25. The van der Waals surface area contributed by atoms with E-state index in [0.717, 1.165) is 62.5 Å². The smallest absolute Gasteiger partial charge is 0.222 e. The minimum absolute atomic E-state index is 0.300. The molecular formula is C19H30N2O3. The van der Waals surface area contributed by atoms with E-state index in [2.05, 4.69) is 12.2 Å². The van der Waals surface area contributed by atoms with Crippen LogP contribution in [0.1, 0.15) is 44.6 Å². The summed E-state index contributed by atoms with van der Waals surface area (Å²) in [5, 5.41) is 3.42. The molecule has 0 atom stereocenters. The van der Waals surface area contributed by atoms with Crippen LogP contribution in [0.4, 0.5) is 0 Å². The fraction of sp³-hybridized carbons (Fsp3) is 0.632. The normalized spacial score (nSPS) is 15.2. The number of amides is 1. The number of carbonyl (C=O) groups is 1. The molecule has 0 bridgehead atoms.